The smallest absolute Gasteiger partial charge is 0.226 e. The second kappa shape index (κ2) is 5.84. The highest BCUT2D eigenvalue weighted by molar-refractivity contribution is 5.96. The zero-order valence-electron chi connectivity index (χ0n) is 14.5. The molecule has 0 fully saturated rings. The van der Waals surface area contributed by atoms with Crippen molar-refractivity contribution in [2.75, 3.05) is 5.32 Å². The highest BCUT2D eigenvalue weighted by atomic mass is 16.1. The van der Waals surface area contributed by atoms with Crippen LogP contribution in [0.4, 0.5) is 5.82 Å². The summed E-state index contributed by atoms with van der Waals surface area (Å²) in [6, 6.07) is 3.87. The number of anilines is 1. The van der Waals surface area contributed by atoms with E-state index in [0.717, 1.165) is 46.3 Å². The number of nitrogens with zero attached hydrogens (tertiary/aromatic N) is 4. The average molecular weight is 336 g/mol. The molecule has 1 amide bonds. The van der Waals surface area contributed by atoms with Crippen molar-refractivity contribution < 1.29 is 4.79 Å². The van der Waals surface area contributed by atoms with Crippen LogP contribution in [-0.2, 0) is 18.3 Å². The van der Waals surface area contributed by atoms with E-state index in [-0.39, 0.29) is 11.8 Å². The highest BCUT2D eigenvalue weighted by Crippen LogP contribution is 2.42. The van der Waals surface area contributed by atoms with Gasteiger partial charge in [0.15, 0.2) is 0 Å². The quantitative estimate of drug-likeness (QED) is 0.769. The summed E-state index contributed by atoms with van der Waals surface area (Å²) in [5.41, 5.74) is 4.71. The predicted octanol–water partition coefficient (Wildman–Crippen LogP) is 2.55. The lowest BCUT2D eigenvalue weighted by Gasteiger charge is -2.23. The summed E-state index contributed by atoms with van der Waals surface area (Å²) < 4.78 is 1.73. The second-order valence-corrected chi connectivity index (χ2v) is 6.33. The largest absolute Gasteiger partial charge is 0.346 e. The third kappa shape index (κ3) is 2.52. The fourth-order valence-electron chi connectivity index (χ4n) is 3.48. The number of pyridine rings is 1. The van der Waals surface area contributed by atoms with Crippen molar-refractivity contribution in [2.24, 2.45) is 7.05 Å². The van der Waals surface area contributed by atoms with E-state index in [1.165, 1.54) is 0 Å². The van der Waals surface area contributed by atoms with Crippen molar-refractivity contribution in [1.29, 1.82) is 0 Å². The summed E-state index contributed by atoms with van der Waals surface area (Å²) in [6.07, 6.45) is 4.73. The fourth-order valence-corrected chi connectivity index (χ4v) is 3.48. The first-order chi connectivity index (χ1) is 12.1. The van der Waals surface area contributed by atoms with E-state index in [0.29, 0.717) is 6.42 Å². The molecule has 3 aromatic rings. The third-order valence-electron chi connectivity index (χ3n) is 4.65. The van der Waals surface area contributed by atoms with E-state index in [4.69, 9.17) is 4.98 Å². The molecule has 0 radical (unpaired) electrons. The van der Waals surface area contributed by atoms with Gasteiger partial charge in [0, 0.05) is 55.0 Å². The van der Waals surface area contributed by atoms with E-state index in [2.05, 4.69) is 27.3 Å². The van der Waals surface area contributed by atoms with E-state index in [1.54, 1.807) is 17.1 Å². The van der Waals surface area contributed by atoms with Gasteiger partial charge in [0.2, 0.25) is 5.91 Å². The Morgan fingerprint density at radius 1 is 1.40 bits per heavy atom. The lowest BCUT2D eigenvalue weighted by atomic mass is 9.87. The number of aryl methyl sites for hydroxylation is 3. The predicted molar refractivity (Wildman–Crippen MR) is 94.2 cm³/mol. The maximum atomic E-state index is 12.3. The lowest BCUT2D eigenvalue weighted by molar-refractivity contribution is -0.116. The van der Waals surface area contributed by atoms with Crippen molar-refractivity contribution in [1.82, 2.24) is 24.7 Å². The number of amides is 1. The molecule has 128 valence electrons. The van der Waals surface area contributed by atoms with Crippen LogP contribution in [0.15, 0.2) is 24.5 Å². The molecule has 0 aromatic carbocycles. The minimum absolute atomic E-state index is 0.0151. The normalized spacial score (nSPS) is 16.6. The number of hydrogen-bond acceptors (Lipinski definition) is 4. The molecule has 3 aromatic heterocycles. The molecule has 25 heavy (non-hydrogen) atoms. The molecule has 4 rings (SSSR count). The maximum absolute atomic E-state index is 12.3. The standard InChI is InChI=1S/C18H20N6O/c1-4-13-20-10(2)16(21-13)12-8-14(25)22-18-15(12)17(23-24(18)3)11-6-5-7-19-9-11/h5-7,9,12H,4,8H2,1-3H3,(H,20,21)(H,22,25)/t12-/m0/s1. The van der Waals surface area contributed by atoms with Gasteiger partial charge in [0.1, 0.15) is 11.6 Å². The second-order valence-electron chi connectivity index (χ2n) is 6.33. The molecule has 2 N–H and O–H groups in total. The number of H-pyrrole nitrogens is 1. The summed E-state index contributed by atoms with van der Waals surface area (Å²) >= 11 is 0. The number of aromatic nitrogens is 5. The molecule has 7 nitrogen and oxygen atoms in total. The molecule has 7 heteroatoms. The van der Waals surface area contributed by atoms with Crippen molar-refractivity contribution in [3.8, 4) is 11.3 Å². The van der Waals surface area contributed by atoms with Crippen LogP contribution in [0.5, 0.6) is 0 Å². The molecule has 1 atom stereocenters. The minimum atomic E-state index is -0.121. The average Bonchev–Trinajstić information content (AvgIpc) is 3.15. The Hall–Kier alpha value is -2.96. The number of carbonyl (C=O) groups excluding carboxylic acids is 1. The molecule has 0 saturated carbocycles. The van der Waals surface area contributed by atoms with Crippen LogP contribution in [0.2, 0.25) is 0 Å². The van der Waals surface area contributed by atoms with Gasteiger partial charge in [-0.25, -0.2) is 4.98 Å². The van der Waals surface area contributed by atoms with Crippen LogP contribution in [0, 0.1) is 6.92 Å². The Bertz CT molecular complexity index is 940. The Balaban J connectivity index is 1.92. The van der Waals surface area contributed by atoms with Crippen molar-refractivity contribution in [3.63, 3.8) is 0 Å². The van der Waals surface area contributed by atoms with Gasteiger partial charge in [0.25, 0.3) is 0 Å². The molecule has 0 unspecified atom stereocenters. The van der Waals surface area contributed by atoms with E-state index >= 15 is 0 Å². The van der Waals surface area contributed by atoms with Crippen LogP contribution >= 0.6 is 0 Å². The summed E-state index contributed by atoms with van der Waals surface area (Å²) in [5.74, 6) is 1.54. The van der Waals surface area contributed by atoms with Crippen molar-refractivity contribution in [2.45, 2.75) is 32.6 Å². The Labute approximate surface area is 145 Å². The third-order valence-corrected chi connectivity index (χ3v) is 4.65. The van der Waals surface area contributed by atoms with Gasteiger partial charge in [-0.1, -0.05) is 6.92 Å². The highest BCUT2D eigenvalue weighted by Gasteiger charge is 2.35. The molecule has 1 aliphatic rings. The van der Waals surface area contributed by atoms with Crippen LogP contribution < -0.4 is 5.32 Å². The zero-order valence-corrected chi connectivity index (χ0v) is 14.5. The van der Waals surface area contributed by atoms with Crippen LogP contribution in [0.1, 0.15) is 42.0 Å². The van der Waals surface area contributed by atoms with Gasteiger partial charge in [-0.2, -0.15) is 5.10 Å². The first-order valence-electron chi connectivity index (χ1n) is 8.41. The summed E-state index contributed by atoms with van der Waals surface area (Å²) in [7, 11) is 1.84. The monoisotopic (exact) mass is 336 g/mol. The Morgan fingerprint density at radius 3 is 2.92 bits per heavy atom. The maximum Gasteiger partial charge on any atom is 0.226 e. The summed E-state index contributed by atoms with van der Waals surface area (Å²) in [4.78, 5) is 24.6. The number of aromatic amines is 1. The van der Waals surface area contributed by atoms with Crippen molar-refractivity contribution in [3.05, 3.63) is 47.3 Å². The first kappa shape index (κ1) is 15.6. The number of fused-ring (bicyclic) bond motifs is 1. The molecule has 0 aliphatic carbocycles. The summed E-state index contributed by atoms with van der Waals surface area (Å²) in [5, 5.41) is 7.61. The fraction of sp³-hybridized carbons (Fsp3) is 0.333. The molecule has 0 bridgehead atoms. The lowest BCUT2D eigenvalue weighted by Crippen LogP contribution is -2.25. The topological polar surface area (TPSA) is 88.5 Å². The van der Waals surface area contributed by atoms with Crippen LogP contribution in [0.25, 0.3) is 11.3 Å². The van der Waals surface area contributed by atoms with Gasteiger partial charge in [-0.05, 0) is 19.1 Å². The van der Waals surface area contributed by atoms with Crippen LogP contribution in [0.3, 0.4) is 0 Å². The van der Waals surface area contributed by atoms with Gasteiger partial charge < -0.3 is 10.3 Å². The summed E-state index contributed by atoms with van der Waals surface area (Å²) in [6.45, 7) is 4.07. The number of nitrogens with one attached hydrogen (secondary N) is 2. The van der Waals surface area contributed by atoms with Crippen LogP contribution in [-0.4, -0.2) is 30.6 Å². The molecular formula is C18H20N6O. The molecule has 0 spiro atoms. The van der Waals surface area contributed by atoms with E-state index in [1.807, 2.05) is 26.1 Å². The number of carbonyl (C=O) groups is 1. The Morgan fingerprint density at radius 2 is 2.24 bits per heavy atom. The van der Waals surface area contributed by atoms with Gasteiger partial charge in [0.05, 0.1) is 11.4 Å². The molecule has 0 saturated heterocycles. The Kier molecular flexibility index (Phi) is 3.63. The number of imidazole rings is 1. The van der Waals surface area contributed by atoms with Crippen molar-refractivity contribution >= 4 is 11.7 Å². The molecular weight excluding hydrogens is 316 g/mol. The number of rotatable bonds is 3. The van der Waals surface area contributed by atoms with E-state index < -0.39 is 0 Å². The zero-order chi connectivity index (χ0) is 17.6. The minimum Gasteiger partial charge on any atom is -0.346 e. The van der Waals surface area contributed by atoms with Gasteiger partial charge >= 0.3 is 0 Å². The van der Waals surface area contributed by atoms with Gasteiger partial charge in [-0.15, -0.1) is 0 Å². The molecule has 4 heterocycles. The van der Waals surface area contributed by atoms with E-state index in [9.17, 15) is 4.79 Å². The molecule has 1 aliphatic heterocycles. The number of hydrogen-bond donors (Lipinski definition) is 2. The van der Waals surface area contributed by atoms with Gasteiger partial charge in [-0.3, -0.25) is 14.5 Å². The first-order valence-corrected chi connectivity index (χ1v) is 8.41. The SMILES string of the molecule is CCc1nc([C@H]2CC(=O)Nc3c2c(-c2cccnc2)nn3C)c(C)[nH]1.